The van der Waals surface area contributed by atoms with E-state index in [1.807, 2.05) is 94.4 Å². The number of anilines is 3. The Morgan fingerprint density at radius 3 is 2.06 bits per heavy atom. The number of rotatable bonds is 5. The first-order valence-electron chi connectivity index (χ1n) is 10.6. The molecule has 0 unspecified atom stereocenters. The number of hydrogen-bond acceptors (Lipinski definition) is 4. The van der Waals surface area contributed by atoms with Gasteiger partial charge in [0.1, 0.15) is 5.70 Å². The maximum absolute atomic E-state index is 13.6. The van der Waals surface area contributed by atoms with Crippen LogP contribution in [0.1, 0.15) is 22.3 Å². The maximum atomic E-state index is 13.6. The van der Waals surface area contributed by atoms with E-state index in [2.05, 4.69) is 5.32 Å². The number of amides is 2. The Morgan fingerprint density at radius 2 is 1.44 bits per heavy atom. The van der Waals surface area contributed by atoms with Crippen molar-refractivity contribution in [1.82, 2.24) is 0 Å². The van der Waals surface area contributed by atoms with E-state index in [-0.39, 0.29) is 11.8 Å². The standard InChI is InChI=1S/C27H27N3O2/c1-17-9-11-20(12-10-17)24-25(28-23-8-6-7-18(2)19(23)3)27(32)30(26(24)31)22-15-13-21(14-16-22)29(4)5/h6-16,28H,1-5H3. The average Bonchev–Trinajstić information content (AvgIpc) is 3.01. The number of carbonyl (C=O) groups is 2. The number of imide groups is 1. The lowest BCUT2D eigenvalue weighted by Crippen LogP contribution is -2.32. The summed E-state index contributed by atoms with van der Waals surface area (Å²) in [5.74, 6) is -0.687. The maximum Gasteiger partial charge on any atom is 0.282 e. The molecule has 0 bridgehead atoms. The molecule has 1 aliphatic rings. The van der Waals surface area contributed by atoms with Crippen LogP contribution in [0.3, 0.4) is 0 Å². The van der Waals surface area contributed by atoms with Crippen LogP contribution in [0, 0.1) is 20.8 Å². The average molecular weight is 426 g/mol. The van der Waals surface area contributed by atoms with Gasteiger partial charge < -0.3 is 10.2 Å². The third-order valence-corrected chi connectivity index (χ3v) is 5.91. The Bertz CT molecular complexity index is 1220. The van der Waals surface area contributed by atoms with Gasteiger partial charge in [0.05, 0.1) is 11.3 Å². The summed E-state index contributed by atoms with van der Waals surface area (Å²) in [5.41, 5.74) is 6.99. The molecule has 0 atom stereocenters. The molecule has 2 amide bonds. The molecule has 0 aliphatic carbocycles. The highest BCUT2D eigenvalue weighted by molar-refractivity contribution is 6.46. The second-order valence-electron chi connectivity index (χ2n) is 8.35. The van der Waals surface area contributed by atoms with Crippen LogP contribution in [-0.4, -0.2) is 25.9 Å². The molecule has 1 aliphatic heterocycles. The summed E-state index contributed by atoms with van der Waals surface area (Å²) >= 11 is 0. The van der Waals surface area contributed by atoms with Crippen LogP contribution < -0.4 is 15.1 Å². The number of nitrogens with zero attached hydrogens (tertiary/aromatic N) is 2. The second kappa shape index (κ2) is 8.35. The Kier molecular flexibility index (Phi) is 5.57. The smallest absolute Gasteiger partial charge is 0.282 e. The predicted molar refractivity (Wildman–Crippen MR) is 131 cm³/mol. The van der Waals surface area contributed by atoms with Crippen molar-refractivity contribution < 1.29 is 9.59 Å². The molecule has 0 radical (unpaired) electrons. The van der Waals surface area contributed by atoms with E-state index in [1.54, 1.807) is 12.1 Å². The number of hydrogen-bond donors (Lipinski definition) is 1. The first-order valence-corrected chi connectivity index (χ1v) is 10.6. The fourth-order valence-corrected chi connectivity index (χ4v) is 3.79. The second-order valence-corrected chi connectivity index (χ2v) is 8.35. The molecule has 3 aromatic carbocycles. The highest BCUT2D eigenvalue weighted by Crippen LogP contribution is 2.35. The molecule has 1 heterocycles. The zero-order valence-corrected chi connectivity index (χ0v) is 19.1. The van der Waals surface area contributed by atoms with Crippen LogP contribution >= 0.6 is 0 Å². The van der Waals surface area contributed by atoms with Gasteiger partial charge in [0.2, 0.25) is 0 Å². The summed E-state index contributed by atoms with van der Waals surface area (Å²) in [5, 5.41) is 3.28. The van der Waals surface area contributed by atoms with Crippen molar-refractivity contribution in [2.45, 2.75) is 20.8 Å². The van der Waals surface area contributed by atoms with Crippen LogP contribution in [0.2, 0.25) is 0 Å². The van der Waals surface area contributed by atoms with Crippen LogP contribution in [-0.2, 0) is 9.59 Å². The molecule has 32 heavy (non-hydrogen) atoms. The molecule has 4 rings (SSSR count). The molecule has 3 aromatic rings. The zero-order valence-electron chi connectivity index (χ0n) is 19.1. The van der Waals surface area contributed by atoms with Crippen molar-refractivity contribution in [2.75, 3.05) is 29.2 Å². The van der Waals surface area contributed by atoms with Gasteiger partial charge in [-0.15, -0.1) is 0 Å². The molecule has 162 valence electrons. The van der Waals surface area contributed by atoms with E-state index in [0.29, 0.717) is 22.5 Å². The Balaban J connectivity index is 1.81. The molecular weight excluding hydrogens is 398 g/mol. The van der Waals surface area contributed by atoms with Crippen LogP contribution in [0.5, 0.6) is 0 Å². The molecule has 0 aromatic heterocycles. The van der Waals surface area contributed by atoms with Crippen LogP contribution in [0.25, 0.3) is 5.57 Å². The van der Waals surface area contributed by atoms with Crippen molar-refractivity contribution in [3.8, 4) is 0 Å². The minimum absolute atomic E-state index is 0.296. The van der Waals surface area contributed by atoms with E-state index >= 15 is 0 Å². The fourth-order valence-electron chi connectivity index (χ4n) is 3.79. The molecule has 5 heteroatoms. The number of benzene rings is 3. The first-order chi connectivity index (χ1) is 15.3. The Labute approximate surface area is 189 Å². The highest BCUT2D eigenvalue weighted by atomic mass is 16.2. The van der Waals surface area contributed by atoms with Crippen molar-refractivity contribution in [3.63, 3.8) is 0 Å². The van der Waals surface area contributed by atoms with Gasteiger partial charge in [0.25, 0.3) is 11.8 Å². The van der Waals surface area contributed by atoms with Crippen molar-refractivity contribution in [3.05, 3.63) is 94.7 Å². The van der Waals surface area contributed by atoms with Gasteiger partial charge >= 0.3 is 0 Å². The summed E-state index contributed by atoms with van der Waals surface area (Å²) < 4.78 is 0. The van der Waals surface area contributed by atoms with E-state index in [9.17, 15) is 9.59 Å². The van der Waals surface area contributed by atoms with Crippen molar-refractivity contribution in [2.24, 2.45) is 0 Å². The third kappa shape index (κ3) is 3.78. The molecule has 0 spiro atoms. The number of carbonyl (C=O) groups excluding carboxylic acids is 2. The topological polar surface area (TPSA) is 52.7 Å². The van der Waals surface area contributed by atoms with Gasteiger partial charge in [-0.2, -0.15) is 0 Å². The van der Waals surface area contributed by atoms with Gasteiger partial charge in [-0.3, -0.25) is 9.59 Å². The normalized spacial score (nSPS) is 13.7. The summed E-state index contributed by atoms with van der Waals surface area (Å²) in [4.78, 5) is 30.4. The van der Waals surface area contributed by atoms with Crippen molar-refractivity contribution in [1.29, 1.82) is 0 Å². The summed E-state index contributed by atoms with van der Waals surface area (Å²) in [6.07, 6.45) is 0. The molecule has 5 nitrogen and oxygen atoms in total. The van der Waals surface area contributed by atoms with E-state index in [4.69, 9.17) is 0 Å². The molecule has 0 fully saturated rings. The summed E-state index contributed by atoms with van der Waals surface area (Å²) in [6, 6.07) is 21.0. The largest absolute Gasteiger partial charge is 0.378 e. The SMILES string of the molecule is Cc1ccc(C2=C(Nc3cccc(C)c3C)C(=O)N(c3ccc(N(C)C)cc3)C2=O)cc1. The van der Waals surface area contributed by atoms with E-state index in [0.717, 1.165) is 28.1 Å². The van der Waals surface area contributed by atoms with Gasteiger partial charge in [-0.1, -0.05) is 42.0 Å². The first kappa shape index (κ1) is 21.4. The van der Waals surface area contributed by atoms with Gasteiger partial charge in [0, 0.05) is 25.5 Å². The van der Waals surface area contributed by atoms with Crippen LogP contribution in [0.15, 0.2) is 72.4 Å². The lowest BCUT2D eigenvalue weighted by Gasteiger charge is -2.18. The predicted octanol–water partition coefficient (Wildman–Crippen LogP) is 5.07. The van der Waals surface area contributed by atoms with Gasteiger partial charge in [-0.05, 0) is 67.8 Å². The fraction of sp³-hybridized carbons (Fsp3) is 0.185. The lowest BCUT2D eigenvalue weighted by atomic mass is 10.0. The van der Waals surface area contributed by atoms with Crippen LogP contribution in [0.4, 0.5) is 17.1 Å². The van der Waals surface area contributed by atoms with Crippen molar-refractivity contribution >= 4 is 34.4 Å². The summed E-state index contributed by atoms with van der Waals surface area (Å²) in [7, 11) is 3.90. The molecular formula is C27H27N3O2. The lowest BCUT2D eigenvalue weighted by molar-refractivity contribution is -0.120. The Morgan fingerprint density at radius 1 is 0.781 bits per heavy atom. The third-order valence-electron chi connectivity index (χ3n) is 5.91. The van der Waals surface area contributed by atoms with E-state index in [1.165, 1.54) is 4.90 Å². The van der Waals surface area contributed by atoms with Gasteiger partial charge in [0.15, 0.2) is 0 Å². The Hall–Kier alpha value is -3.86. The zero-order chi connectivity index (χ0) is 23.0. The molecule has 1 N–H and O–H groups in total. The molecule has 0 saturated heterocycles. The quantitative estimate of drug-likeness (QED) is 0.580. The minimum Gasteiger partial charge on any atom is -0.378 e. The number of aryl methyl sites for hydroxylation is 2. The number of nitrogens with one attached hydrogen (secondary N) is 1. The minimum atomic E-state index is -0.357. The van der Waals surface area contributed by atoms with Gasteiger partial charge in [-0.25, -0.2) is 4.90 Å². The summed E-state index contributed by atoms with van der Waals surface area (Å²) in [6.45, 7) is 6.02. The highest BCUT2D eigenvalue weighted by Gasteiger charge is 2.40. The van der Waals surface area contributed by atoms with E-state index < -0.39 is 0 Å². The molecule has 0 saturated carbocycles. The monoisotopic (exact) mass is 425 g/mol.